The lowest BCUT2D eigenvalue weighted by atomic mass is 9.95. The van der Waals surface area contributed by atoms with Crippen molar-refractivity contribution in [2.75, 3.05) is 7.05 Å². The number of hydrogen-bond acceptors (Lipinski definition) is 4. The van der Waals surface area contributed by atoms with Crippen LogP contribution in [0.1, 0.15) is 50.7 Å². The van der Waals surface area contributed by atoms with Crippen molar-refractivity contribution in [3.05, 3.63) is 11.6 Å². The van der Waals surface area contributed by atoms with Gasteiger partial charge in [-0.1, -0.05) is 19.3 Å². The normalized spacial score (nSPS) is 18.0. The van der Waals surface area contributed by atoms with E-state index in [0.717, 1.165) is 24.5 Å². The molecule has 1 aliphatic carbocycles. The van der Waals surface area contributed by atoms with E-state index in [-0.39, 0.29) is 11.9 Å². The van der Waals surface area contributed by atoms with E-state index in [4.69, 9.17) is 0 Å². The molecule has 1 aromatic heterocycles. The molecule has 118 valence electrons. The lowest BCUT2D eigenvalue weighted by molar-refractivity contribution is -0.126. The van der Waals surface area contributed by atoms with Gasteiger partial charge in [0.15, 0.2) is 0 Å². The molecule has 2 rings (SSSR count). The molecule has 1 fully saturated rings. The number of amides is 1. The van der Waals surface area contributed by atoms with E-state index in [1.807, 2.05) is 37.4 Å². The molecule has 1 aromatic rings. The Morgan fingerprint density at radius 2 is 2.05 bits per heavy atom. The van der Waals surface area contributed by atoms with Crippen molar-refractivity contribution in [1.82, 2.24) is 25.0 Å². The van der Waals surface area contributed by atoms with Crippen LogP contribution in [-0.4, -0.2) is 44.7 Å². The average Bonchev–Trinajstić information content (AvgIpc) is 2.79. The van der Waals surface area contributed by atoms with E-state index in [1.165, 1.54) is 19.3 Å². The van der Waals surface area contributed by atoms with E-state index < -0.39 is 0 Å². The van der Waals surface area contributed by atoms with Crippen LogP contribution in [-0.2, 0) is 18.4 Å². The van der Waals surface area contributed by atoms with Gasteiger partial charge in [0.05, 0.1) is 12.6 Å². The maximum atomic E-state index is 12.3. The zero-order valence-corrected chi connectivity index (χ0v) is 13.6. The largest absolute Gasteiger partial charge is 0.352 e. The van der Waals surface area contributed by atoms with Gasteiger partial charge in [0.25, 0.3) is 0 Å². The first-order valence-corrected chi connectivity index (χ1v) is 7.84. The molecule has 1 heterocycles. The molecular weight excluding hydrogens is 266 g/mol. The molecule has 1 N–H and O–H groups in total. The summed E-state index contributed by atoms with van der Waals surface area (Å²) in [4.78, 5) is 14.4. The zero-order chi connectivity index (χ0) is 15.4. The second-order valence-electron chi connectivity index (χ2n) is 6.16. The Morgan fingerprint density at radius 1 is 1.38 bits per heavy atom. The van der Waals surface area contributed by atoms with Gasteiger partial charge in [-0.05, 0) is 33.7 Å². The molecule has 1 aliphatic rings. The molecular formula is C15H27N5O. The summed E-state index contributed by atoms with van der Waals surface area (Å²) in [6.07, 6.45) is 5.99. The molecule has 0 radical (unpaired) electrons. The number of hydrogen-bond donors (Lipinski definition) is 1. The highest BCUT2D eigenvalue weighted by atomic mass is 16.2. The summed E-state index contributed by atoms with van der Waals surface area (Å²) in [5.74, 6) is 1.88. The Kier molecular flexibility index (Phi) is 5.33. The van der Waals surface area contributed by atoms with Gasteiger partial charge in [-0.3, -0.25) is 9.69 Å². The SMILES string of the molecule is Cc1nnc(CN(C)[C@H](C)C(=O)NC2CCCCC2)n1C. The maximum Gasteiger partial charge on any atom is 0.237 e. The topological polar surface area (TPSA) is 63.1 Å². The molecule has 1 amide bonds. The summed E-state index contributed by atoms with van der Waals surface area (Å²) in [5.41, 5.74) is 0. The minimum atomic E-state index is -0.163. The number of carbonyl (C=O) groups is 1. The third kappa shape index (κ3) is 4.03. The number of aromatic nitrogens is 3. The highest BCUT2D eigenvalue weighted by Crippen LogP contribution is 2.17. The average molecular weight is 293 g/mol. The van der Waals surface area contributed by atoms with Gasteiger partial charge in [-0.15, -0.1) is 10.2 Å². The van der Waals surface area contributed by atoms with E-state index in [0.29, 0.717) is 12.6 Å². The summed E-state index contributed by atoms with van der Waals surface area (Å²) in [6.45, 7) is 4.49. The summed E-state index contributed by atoms with van der Waals surface area (Å²) in [5, 5.41) is 11.4. The van der Waals surface area contributed by atoms with Gasteiger partial charge in [-0.25, -0.2) is 0 Å². The Balaban J connectivity index is 1.87. The van der Waals surface area contributed by atoms with Gasteiger partial charge in [-0.2, -0.15) is 0 Å². The number of aryl methyl sites for hydroxylation is 1. The van der Waals surface area contributed by atoms with Crippen LogP contribution >= 0.6 is 0 Å². The van der Waals surface area contributed by atoms with Gasteiger partial charge >= 0.3 is 0 Å². The standard InChI is InChI=1S/C15H27N5O/c1-11(15(21)16-13-8-6-5-7-9-13)19(3)10-14-18-17-12(2)20(14)4/h11,13H,5-10H2,1-4H3,(H,16,21)/t11-/m1/s1. The first-order valence-electron chi connectivity index (χ1n) is 7.84. The van der Waals surface area contributed by atoms with Crippen molar-refractivity contribution < 1.29 is 4.79 Å². The first kappa shape index (κ1) is 15.9. The number of carbonyl (C=O) groups excluding carboxylic acids is 1. The van der Waals surface area contributed by atoms with Crippen LogP contribution in [0, 0.1) is 6.92 Å². The predicted octanol–water partition coefficient (Wildman–Crippen LogP) is 1.39. The predicted molar refractivity (Wildman–Crippen MR) is 81.7 cm³/mol. The molecule has 0 bridgehead atoms. The Bertz CT molecular complexity index is 478. The second kappa shape index (κ2) is 7.02. The Morgan fingerprint density at radius 3 is 2.62 bits per heavy atom. The molecule has 0 saturated heterocycles. The maximum absolute atomic E-state index is 12.3. The second-order valence-corrected chi connectivity index (χ2v) is 6.16. The van der Waals surface area contributed by atoms with Gasteiger partial charge in [0.1, 0.15) is 11.6 Å². The van der Waals surface area contributed by atoms with Gasteiger partial charge in [0, 0.05) is 13.1 Å². The Labute approximate surface area is 126 Å². The zero-order valence-electron chi connectivity index (χ0n) is 13.6. The summed E-state index contributed by atoms with van der Waals surface area (Å²) >= 11 is 0. The molecule has 0 spiro atoms. The summed E-state index contributed by atoms with van der Waals surface area (Å²) in [7, 11) is 3.90. The fourth-order valence-corrected chi connectivity index (χ4v) is 2.72. The highest BCUT2D eigenvalue weighted by molar-refractivity contribution is 5.81. The molecule has 6 nitrogen and oxygen atoms in total. The van der Waals surface area contributed by atoms with E-state index in [1.54, 1.807) is 0 Å². The van der Waals surface area contributed by atoms with Crippen LogP contribution in [0.3, 0.4) is 0 Å². The molecule has 0 aliphatic heterocycles. The fraction of sp³-hybridized carbons (Fsp3) is 0.800. The number of nitrogens with one attached hydrogen (secondary N) is 1. The lowest BCUT2D eigenvalue weighted by Crippen LogP contribution is -2.47. The molecule has 0 unspecified atom stereocenters. The first-order chi connectivity index (χ1) is 9.99. The van der Waals surface area contributed by atoms with E-state index in [9.17, 15) is 4.79 Å². The van der Waals surface area contributed by atoms with Crippen molar-refractivity contribution in [1.29, 1.82) is 0 Å². The Hall–Kier alpha value is -1.43. The van der Waals surface area contributed by atoms with Crippen LogP contribution in [0.15, 0.2) is 0 Å². The van der Waals surface area contributed by atoms with Crippen molar-refractivity contribution in [2.45, 2.75) is 64.6 Å². The minimum absolute atomic E-state index is 0.114. The highest BCUT2D eigenvalue weighted by Gasteiger charge is 2.23. The third-order valence-electron chi connectivity index (χ3n) is 4.57. The number of nitrogens with zero attached hydrogens (tertiary/aromatic N) is 4. The van der Waals surface area contributed by atoms with Crippen LogP contribution in [0.25, 0.3) is 0 Å². The smallest absolute Gasteiger partial charge is 0.237 e. The monoisotopic (exact) mass is 293 g/mol. The van der Waals surface area contributed by atoms with E-state index in [2.05, 4.69) is 15.5 Å². The summed E-state index contributed by atoms with van der Waals surface area (Å²) < 4.78 is 1.96. The minimum Gasteiger partial charge on any atom is -0.352 e. The van der Waals surface area contributed by atoms with Crippen LogP contribution < -0.4 is 5.32 Å². The molecule has 6 heteroatoms. The van der Waals surface area contributed by atoms with Crippen LogP contribution in [0.5, 0.6) is 0 Å². The molecule has 21 heavy (non-hydrogen) atoms. The number of likely N-dealkylation sites (N-methyl/N-ethyl adjacent to an activating group) is 1. The third-order valence-corrected chi connectivity index (χ3v) is 4.57. The van der Waals surface area contributed by atoms with Crippen molar-refractivity contribution in [3.63, 3.8) is 0 Å². The lowest BCUT2D eigenvalue weighted by Gasteiger charge is -2.28. The molecule has 1 saturated carbocycles. The molecule has 0 aromatic carbocycles. The van der Waals surface area contributed by atoms with E-state index >= 15 is 0 Å². The van der Waals surface area contributed by atoms with Crippen LogP contribution in [0.2, 0.25) is 0 Å². The number of rotatable bonds is 5. The quantitative estimate of drug-likeness (QED) is 0.891. The van der Waals surface area contributed by atoms with Crippen molar-refractivity contribution >= 4 is 5.91 Å². The van der Waals surface area contributed by atoms with Crippen molar-refractivity contribution in [2.24, 2.45) is 7.05 Å². The van der Waals surface area contributed by atoms with Crippen molar-refractivity contribution in [3.8, 4) is 0 Å². The van der Waals surface area contributed by atoms with Crippen LogP contribution in [0.4, 0.5) is 0 Å². The fourth-order valence-electron chi connectivity index (χ4n) is 2.72. The summed E-state index contributed by atoms with van der Waals surface area (Å²) in [6, 6.07) is 0.197. The van der Waals surface area contributed by atoms with Gasteiger partial charge in [0.2, 0.25) is 5.91 Å². The molecule has 1 atom stereocenters. The van der Waals surface area contributed by atoms with Gasteiger partial charge < -0.3 is 9.88 Å².